The zero-order valence-corrected chi connectivity index (χ0v) is 14.3. The Morgan fingerprint density at radius 3 is 2.57 bits per heavy atom. The third kappa shape index (κ3) is 3.97. The van der Waals surface area contributed by atoms with E-state index < -0.39 is 10.0 Å². The highest BCUT2D eigenvalue weighted by Crippen LogP contribution is 2.32. The Hall–Kier alpha value is -1.31. The quantitative estimate of drug-likeness (QED) is 0.882. The number of fused-ring (bicyclic) bond motifs is 1. The summed E-state index contributed by atoms with van der Waals surface area (Å²) in [6.45, 7) is 6.08. The van der Waals surface area contributed by atoms with Crippen LogP contribution < -0.4 is 14.2 Å². The van der Waals surface area contributed by atoms with E-state index in [-0.39, 0.29) is 10.9 Å². The lowest BCUT2D eigenvalue weighted by Crippen LogP contribution is -2.44. The van der Waals surface area contributed by atoms with E-state index in [2.05, 4.69) is 16.5 Å². The Bertz CT molecular complexity index is 639. The van der Waals surface area contributed by atoms with Crippen LogP contribution in [0.4, 0.5) is 0 Å². The predicted octanol–water partition coefficient (Wildman–Crippen LogP) is 1.61. The van der Waals surface area contributed by atoms with Crippen LogP contribution in [-0.2, 0) is 10.0 Å². The molecule has 0 atom stereocenters. The van der Waals surface area contributed by atoms with Crippen molar-refractivity contribution >= 4 is 10.0 Å². The van der Waals surface area contributed by atoms with Crippen LogP contribution in [0, 0.1) is 0 Å². The lowest BCUT2D eigenvalue weighted by atomic mass is 10.1. The Morgan fingerprint density at radius 2 is 1.87 bits per heavy atom. The second kappa shape index (κ2) is 7.07. The molecule has 1 N–H and O–H groups in total. The molecule has 0 unspecified atom stereocenters. The van der Waals surface area contributed by atoms with Gasteiger partial charge in [0.2, 0.25) is 10.0 Å². The maximum Gasteiger partial charge on any atom is 0.240 e. The SMILES string of the molecule is CCCN1CCC(NS(=O)(=O)c2ccc3c(c2)OCCO3)CC1. The normalized spacial score (nSPS) is 19.7. The van der Waals surface area contributed by atoms with E-state index in [4.69, 9.17) is 9.47 Å². The molecule has 0 amide bonds. The summed E-state index contributed by atoms with van der Waals surface area (Å²) >= 11 is 0. The summed E-state index contributed by atoms with van der Waals surface area (Å²) in [5, 5.41) is 0. The minimum Gasteiger partial charge on any atom is -0.486 e. The standard InChI is InChI=1S/C16H24N2O4S/c1-2-7-18-8-5-13(6-9-18)17-23(19,20)14-3-4-15-16(12-14)22-11-10-21-15/h3-4,12-13,17H,2,5-11H2,1H3. The van der Waals surface area contributed by atoms with E-state index in [0.29, 0.717) is 24.7 Å². The Kier molecular flexibility index (Phi) is 5.08. The third-order valence-corrected chi connectivity index (χ3v) is 5.79. The average molecular weight is 340 g/mol. The summed E-state index contributed by atoms with van der Waals surface area (Å²) in [6, 6.07) is 4.78. The van der Waals surface area contributed by atoms with Crippen molar-refractivity contribution in [3.63, 3.8) is 0 Å². The van der Waals surface area contributed by atoms with E-state index in [1.165, 1.54) is 0 Å². The molecule has 2 aliphatic rings. The number of hydrogen-bond donors (Lipinski definition) is 1. The molecule has 0 spiro atoms. The van der Waals surface area contributed by atoms with Crippen LogP contribution in [0.3, 0.4) is 0 Å². The van der Waals surface area contributed by atoms with Gasteiger partial charge in [-0.1, -0.05) is 6.92 Å². The van der Waals surface area contributed by atoms with E-state index in [9.17, 15) is 8.42 Å². The minimum absolute atomic E-state index is 0.00121. The van der Waals surface area contributed by atoms with Crippen molar-refractivity contribution in [3.8, 4) is 11.5 Å². The van der Waals surface area contributed by atoms with E-state index in [1.807, 2.05) is 0 Å². The smallest absolute Gasteiger partial charge is 0.240 e. The van der Waals surface area contributed by atoms with Gasteiger partial charge in [0.25, 0.3) is 0 Å². The van der Waals surface area contributed by atoms with Crippen molar-refractivity contribution < 1.29 is 17.9 Å². The molecule has 0 bridgehead atoms. The summed E-state index contributed by atoms with van der Waals surface area (Å²) in [7, 11) is -3.53. The van der Waals surface area contributed by atoms with Gasteiger partial charge in [-0.05, 0) is 51.0 Å². The maximum absolute atomic E-state index is 12.6. The molecule has 2 aliphatic heterocycles. The molecule has 2 heterocycles. The van der Waals surface area contributed by atoms with Crippen molar-refractivity contribution in [1.29, 1.82) is 0 Å². The van der Waals surface area contributed by atoms with Gasteiger partial charge < -0.3 is 14.4 Å². The van der Waals surface area contributed by atoms with Crippen molar-refractivity contribution in [3.05, 3.63) is 18.2 Å². The van der Waals surface area contributed by atoms with Gasteiger partial charge >= 0.3 is 0 Å². The van der Waals surface area contributed by atoms with Gasteiger partial charge in [-0.3, -0.25) is 0 Å². The van der Waals surface area contributed by atoms with Gasteiger partial charge in [-0.15, -0.1) is 0 Å². The number of benzene rings is 1. The zero-order chi connectivity index (χ0) is 16.3. The molecule has 0 radical (unpaired) electrons. The van der Waals surface area contributed by atoms with Crippen LogP contribution in [0.25, 0.3) is 0 Å². The van der Waals surface area contributed by atoms with Crippen LogP contribution in [0.1, 0.15) is 26.2 Å². The zero-order valence-electron chi connectivity index (χ0n) is 13.5. The van der Waals surface area contributed by atoms with Crippen molar-refractivity contribution in [1.82, 2.24) is 9.62 Å². The highest BCUT2D eigenvalue weighted by Gasteiger charge is 2.25. The molecule has 1 fully saturated rings. The second-order valence-corrected chi connectivity index (χ2v) is 7.76. The molecule has 0 aliphatic carbocycles. The van der Waals surface area contributed by atoms with Crippen LogP contribution >= 0.6 is 0 Å². The molecule has 0 aromatic heterocycles. The number of ether oxygens (including phenoxy) is 2. The summed E-state index contributed by atoms with van der Waals surface area (Å²) in [6.07, 6.45) is 2.83. The summed E-state index contributed by atoms with van der Waals surface area (Å²) in [5.41, 5.74) is 0. The fourth-order valence-electron chi connectivity index (χ4n) is 3.07. The van der Waals surface area contributed by atoms with Gasteiger partial charge in [0.05, 0.1) is 4.90 Å². The number of sulfonamides is 1. The van der Waals surface area contributed by atoms with E-state index >= 15 is 0 Å². The van der Waals surface area contributed by atoms with Crippen LogP contribution in [0.15, 0.2) is 23.1 Å². The largest absolute Gasteiger partial charge is 0.486 e. The second-order valence-electron chi connectivity index (χ2n) is 6.04. The van der Waals surface area contributed by atoms with Gasteiger partial charge in [0.1, 0.15) is 13.2 Å². The van der Waals surface area contributed by atoms with Crippen molar-refractivity contribution in [2.24, 2.45) is 0 Å². The summed E-state index contributed by atoms with van der Waals surface area (Å²) < 4.78 is 38.9. The first-order valence-corrected chi connectivity index (χ1v) is 9.71. The lowest BCUT2D eigenvalue weighted by Gasteiger charge is -2.31. The maximum atomic E-state index is 12.6. The molecule has 23 heavy (non-hydrogen) atoms. The molecule has 6 nitrogen and oxygen atoms in total. The predicted molar refractivity (Wildman–Crippen MR) is 87.5 cm³/mol. The molecule has 0 saturated carbocycles. The summed E-state index contributed by atoms with van der Waals surface area (Å²) in [4.78, 5) is 2.62. The number of likely N-dealkylation sites (tertiary alicyclic amines) is 1. The van der Waals surface area contributed by atoms with Gasteiger partial charge in [0.15, 0.2) is 11.5 Å². The highest BCUT2D eigenvalue weighted by atomic mass is 32.2. The monoisotopic (exact) mass is 340 g/mol. The first-order valence-electron chi connectivity index (χ1n) is 8.23. The molecule has 128 valence electrons. The topological polar surface area (TPSA) is 67.9 Å². The Labute approximate surface area is 137 Å². The Morgan fingerprint density at radius 1 is 1.17 bits per heavy atom. The lowest BCUT2D eigenvalue weighted by molar-refractivity contribution is 0.171. The number of nitrogens with zero attached hydrogens (tertiary/aromatic N) is 1. The molecule has 1 saturated heterocycles. The summed E-state index contributed by atoms with van der Waals surface area (Å²) in [5.74, 6) is 1.10. The fourth-order valence-corrected chi connectivity index (χ4v) is 4.39. The van der Waals surface area contributed by atoms with Crippen LogP contribution in [0.5, 0.6) is 11.5 Å². The molecule has 7 heteroatoms. The number of nitrogens with one attached hydrogen (secondary N) is 1. The molecule has 1 aromatic rings. The van der Waals surface area contributed by atoms with Gasteiger partial charge in [0, 0.05) is 12.1 Å². The Balaban J connectivity index is 1.65. The number of piperidine rings is 1. The minimum atomic E-state index is -3.53. The van der Waals surface area contributed by atoms with Crippen molar-refractivity contribution in [2.45, 2.75) is 37.1 Å². The third-order valence-electron chi connectivity index (χ3n) is 4.27. The van der Waals surface area contributed by atoms with E-state index in [1.54, 1.807) is 18.2 Å². The first-order chi connectivity index (χ1) is 11.1. The molecule has 1 aromatic carbocycles. The van der Waals surface area contributed by atoms with Crippen LogP contribution in [-0.4, -0.2) is 52.2 Å². The van der Waals surface area contributed by atoms with E-state index in [0.717, 1.165) is 38.9 Å². The van der Waals surface area contributed by atoms with Gasteiger partial charge in [-0.2, -0.15) is 0 Å². The average Bonchev–Trinajstić information content (AvgIpc) is 2.56. The fraction of sp³-hybridized carbons (Fsp3) is 0.625. The molecule has 3 rings (SSSR count). The highest BCUT2D eigenvalue weighted by molar-refractivity contribution is 7.89. The van der Waals surface area contributed by atoms with Crippen molar-refractivity contribution in [2.75, 3.05) is 32.8 Å². The number of rotatable bonds is 5. The number of hydrogen-bond acceptors (Lipinski definition) is 5. The van der Waals surface area contributed by atoms with Gasteiger partial charge in [-0.25, -0.2) is 13.1 Å². The first kappa shape index (κ1) is 16.5. The molecular weight excluding hydrogens is 316 g/mol. The molecular formula is C16H24N2O4S. The van der Waals surface area contributed by atoms with Crippen LogP contribution in [0.2, 0.25) is 0 Å².